The van der Waals surface area contributed by atoms with E-state index >= 15 is 0 Å². The van der Waals surface area contributed by atoms with Crippen LogP contribution in [0.5, 0.6) is 5.75 Å². The highest BCUT2D eigenvalue weighted by molar-refractivity contribution is 6.01. The van der Waals surface area contributed by atoms with Gasteiger partial charge in [-0.2, -0.15) is 0 Å². The van der Waals surface area contributed by atoms with Crippen molar-refractivity contribution in [2.75, 3.05) is 0 Å². The first-order valence-electron chi connectivity index (χ1n) is 6.68. The zero-order chi connectivity index (χ0) is 13.8. The lowest BCUT2D eigenvalue weighted by Gasteiger charge is -2.15. The molecule has 3 aromatic rings. The molecule has 20 heavy (non-hydrogen) atoms. The molecule has 98 valence electrons. The lowest BCUT2D eigenvalue weighted by molar-refractivity contribution is 0.619. The summed E-state index contributed by atoms with van der Waals surface area (Å²) in [5.41, 5.74) is 4.80. The third kappa shape index (κ3) is 2.38. The van der Waals surface area contributed by atoms with E-state index in [2.05, 4.69) is 60.7 Å². The van der Waals surface area contributed by atoms with Crippen LogP contribution in [-0.2, 0) is 0 Å². The Morgan fingerprint density at radius 1 is 0.600 bits per heavy atom. The Kier molecular flexibility index (Phi) is 3.66. The van der Waals surface area contributed by atoms with Gasteiger partial charge in [-0.3, -0.25) is 0 Å². The number of hydrogen-bond donors (Lipinski definition) is 0. The fourth-order valence-electron chi connectivity index (χ4n) is 2.46. The van der Waals surface area contributed by atoms with E-state index in [0.717, 1.165) is 5.75 Å². The van der Waals surface area contributed by atoms with Crippen molar-refractivity contribution in [3.63, 3.8) is 0 Å². The van der Waals surface area contributed by atoms with Gasteiger partial charge in [-0.05, 0) is 22.8 Å². The fraction of sp³-hybridized carbons (Fsp3) is 0. The first-order chi connectivity index (χ1) is 9.90. The van der Waals surface area contributed by atoms with Crippen LogP contribution in [0.3, 0.4) is 0 Å². The standard InChI is InChI=1S/C18H16OSi/c20-19-17-13-7-12-16(14-8-3-1-4-9-14)18(17)15-10-5-2-6-11-15/h1-13H,20H3. The van der Waals surface area contributed by atoms with Crippen molar-refractivity contribution in [2.45, 2.75) is 0 Å². The monoisotopic (exact) mass is 276 g/mol. The van der Waals surface area contributed by atoms with Crippen molar-refractivity contribution < 1.29 is 4.43 Å². The summed E-state index contributed by atoms with van der Waals surface area (Å²) >= 11 is 0. The summed E-state index contributed by atoms with van der Waals surface area (Å²) in [5, 5.41) is 0. The van der Waals surface area contributed by atoms with Crippen LogP contribution in [0.2, 0.25) is 0 Å². The minimum absolute atomic E-state index is 0.687. The van der Waals surface area contributed by atoms with E-state index < -0.39 is 0 Å². The Labute approximate surface area is 122 Å². The summed E-state index contributed by atoms with van der Waals surface area (Å²) < 4.78 is 5.70. The molecule has 0 bridgehead atoms. The molecular weight excluding hydrogens is 260 g/mol. The lowest BCUT2D eigenvalue weighted by atomic mass is 9.94. The van der Waals surface area contributed by atoms with E-state index in [9.17, 15) is 0 Å². The predicted molar refractivity (Wildman–Crippen MR) is 87.9 cm³/mol. The van der Waals surface area contributed by atoms with Gasteiger partial charge in [0.1, 0.15) is 5.75 Å². The Morgan fingerprint density at radius 3 is 1.80 bits per heavy atom. The molecule has 0 aliphatic heterocycles. The largest absolute Gasteiger partial charge is 0.553 e. The van der Waals surface area contributed by atoms with E-state index in [1.165, 1.54) is 22.3 Å². The molecule has 0 amide bonds. The zero-order valence-electron chi connectivity index (χ0n) is 11.4. The van der Waals surface area contributed by atoms with Crippen LogP contribution in [0.4, 0.5) is 0 Å². The maximum atomic E-state index is 5.70. The van der Waals surface area contributed by atoms with E-state index in [4.69, 9.17) is 4.43 Å². The Bertz CT molecular complexity index is 693. The summed E-state index contributed by atoms with van der Waals surface area (Å²) in [4.78, 5) is 0. The maximum Gasteiger partial charge on any atom is 0.204 e. The maximum absolute atomic E-state index is 5.70. The van der Waals surface area contributed by atoms with Gasteiger partial charge in [0.2, 0.25) is 10.5 Å². The summed E-state index contributed by atoms with van der Waals surface area (Å²) in [6.45, 7) is 0. The van der Waals surface area contributed by atoms with Gasteiger partial charge in [-0.15, -0.1) is 0 Å². The Morgan fingerprint density at radius 2 is 1.20 bits per heavy atom. The van der Waals surface area contributed by atoms with Gasteiger partial charge in [0.15, 0.2) is 0 Å². The van der Waals surface area contributed by atoms with Crippen molar-refractivity contribution >= 4 is 10.5 Å². The molecule has 2 heteroatoms. The van der Waals surface area contributed by atoms with E-state index in [1.807, 2.05) is 18.2 Å². The van der Waals surface area contributed by atoms with Gasteiger partial charge in [0.25, 0.3) is 0 Å². The molecule has 0 aliphatic carbocycles. The Balaban J connectivity index is 2.26. The SMILES string of the molecule is [SiH3]Oc1cccc(-c2ccccc2)c1-c1ccccc1. The summed E-state index contributed by atoms with van der Waals surface area (Å²) in [6, 6.07) is 27.1. The minimum atomic E-state index is 0.687. The molecule has 3 rings (SSSR count). The molecule has 0 saturated heterocycles. The average Bonchev–Trinajstić information content (AvgIpc) is 2.55. The average molecular weight is 276 g/mol. The molecule has 0 fully saturated rings. The van der Waals surface area contributed by atoms with Crippen LogP contribution in [0.25, 0.3) is 22.3 Å². The topological polar surface area (TPSA) is 9.23 Å². The molecule has 0 aromatic heterocycles. The Hall–Kier alpha value is -2.32. The van der Waals surface area contributed by atoms with Crippen molar-refractivity contribution in [3.05, 3.63) is 78.9 Å². The second-order valence-corrected chi connectivity index (χ2v) is 5.02. The number of benzene rings is 3. The summed E-state index contributed by atoms with van der Waals surface area (Å²) in [7, 11) is 0.687. The molecule has 0 heterocycles. The third-order valence-electron chi connectivity index (χ3n) is 3.39. The second-order valence-electron chi connectivity index (χ2n) is 4.61. The summed E-state index contributed by atoms with van der Waals surface area (Å²) in [6.07, 6.45) is 0. The normalized spacial score (nSPS) is 10.4. The van der Waals surface area contributed by atoms with E-state index in [0.29, 0.717) is 10.5 Å². The van der Waals surface area contributed by atoms with Crippen molar-refractivity contribution in [2.24, 2.45) is 0 Å². The zero-order valence-corrected chi connectivity index (χ0v) is 13.4. The van der Waals surface area contributed by atoms with Gasteiger partial charge in [0.05, 0.1) is 0 Å². The van der Waals surface area contributed by atoms with Crippen LogP contribution < -0.4 is 4.43 Å². The fourth-order valence-corrected chi connectivity index (χ4v) is 2.80. The smallest absolute Gasteiger partial charge is 0.204 e. The molecule has 0 spiro atoms. The van der Waals surface area contributed by atoms with Crippen LogP contribution in [0, 0.1) is 0 Å². The molecule has 0 radical (unpaired) electrons. The first kappa shape index (κ1) is 12.7. The van der Waals surface area contributed by atoms with Crippen molar-refractivity contribution in [3.8, 4) is 28.0 Å². The number of hydrogen-bond acceptors (Lipinski definition) is 1. The molecule has 0 unspecified atom stereocenters. The van der Waals surface area contributed by atoms with E-state index in [1.54, 1.807) is 0 Å². The second kappa shape index (κ2) is 5.76. The highest BCUT2D eigenvalue weighted by Crippen LogP contribution is 2.38. The van der Waals surface area contributed by atoms with Crippen LogP contribution in [0.1, 0.15) is 0 Å². The summed E-state index contributed by atoms with van der Waals surface area (Å²) in [5.74, 6) is 0.962. The molecule has 0 N–H and O–H groups in total. The van der Waals surface area contributed by atoms with Crippen molar-refractivity contribution in [1.82, 2.24) is 0 Å². The van der Waals surface area contributed by atoms with Gasteiger partial charge in [-0.1, -0.05) is 72.8 Å². The lowest BCUT2D eigenvalue weighted by Crippen LogP contribution is -1.92. The van der Waals surface area contributed by atoms with Crippen LogP contribution in [-0.4, -0.2) is 10.5 Å². The van der Waals surface area contributed by atoms with Crippen LogP contribution >= 0.6 is 0 Å². The van der Waals surface area contributed by atoms with Gasteiger partial charge >= 0.3 is 0 Å². The van der Waals surface area contributed by atoms with Gasteiger partial charge < -0.3 is 4.43 Å². The molecular formula is C18H16OSi. The van der Waals surface area contributed by atoms with Gasteiger partial charge in [-0.25, -0.2) is 0 Å². The third-order valence-corrected chi connectivity index (χ3v) is 3.83. The quantitative estimate of drug-likeness (QED) is 0.663. The highest BCUT2D eigenvalue weighted by Gasteiger charge is 2.11. The number of rotatable bonds is 3. The highest BCUT2D eigenvalue weighted by atomic mass is 28.2. The predicted octanol–water partition coefficient (Wildman–Crippen LogP) is 3.68. The minimum Gasteiger partial charge on any atom is -0.553 e. The molecule has 0 saturated carbocycles. The first-order valence-corrected chi connectivity index (χ1v) is 7.49. The molecule has 0 atom stereocenters. The van der Waals surface area contributed by atoms with Crippen molar-refractivity contribution in [1.29, 1.82) is 0 Å². The van der Waals surface area contributed by atoms with Crippen LogP contribution in [0.15, 0.2) is 78.9 Å². The van der Waals surface area contributed by atoms with Gasteiger partial charge in [0, 0.05) is 5.56 Å². The molecule has 1 nitrogen and oxygen atoms in total. The van der Waals surface area contributed by atoms with E-state index in [-0.39, 0.29) is 0 Å². The molecule has 0 aliphatic rings. The molecule has 3 aromatic carbocycles.